The fourth-order valence-corrected chi connectivity index (χ4v) is 2.35. The van der Waals surface area contributed by atoms with E-state index in [4.69, 9.17) is 4.74 Å². The minimum atomic E-state index is -0.179. The Bertz CT molecular complexity index is 584. The summed E-state index contributed by atoms with van der Waals surface area (Å²) in [7, 11) is 0. The lowest BCUT2D eigenvalue weighted by Gasteiger charge is -2.25. The molecule has 2 aromatic rings. The second-order valence-corrected chi connectivity index (χ2v) is 4.51. The summed E-state index contributed by atoms with van der Waals surface area (Å²) in [4.78, 5) is 20.1. The quantitative estimate of drug-likeness (QED) is 0.789. The number of rotatable bonds is 3. The van der Waals surface area contributed by atoms with Crippen LogP contribution in [0, 0.1) is 0 Å². The van der Waals surface area contributed by atoms with Gasteiger partial charge in [-0.2, -0.15) is 0 Å². The number of benzene rings is 1. The zero-order valence-electron chi connectivity index (χ0n) is 10.5. The number of hydrogen-bond donors (Lipinski definition) is 0. The minimum Gasteiger partial charge on any atom is -0.373 e. The highest BCUT2D eigenvalue weighted by atomic mass is 16.5. The van der Waals surface area contributed by atoms with Gasteiger partial charge in [0.15, 0.2) is 5.82 Å². The molecule has 1 aromatic carbocycles. The average molecular weight is 254 g/mol. The first-order chi connectivity index (χ1) is 9.34. The number of fused-ring (bicyclic) bond motifs is 1. The Labute approximate surface area is 111 Å². The second kappa shape index (κ2) is 5.28. The van der Waals surface area contributed by atoms with Crippen LogP contribution in [0.25, 0.3) is 0 Å². The van der Waals surface area contributed by atoms with Gasteiger partial charge >= 0.3 is 0 Å². The molecule has 0 N–H and O–H groups in total. The summed E-state index contributed by atoms with van der Waals surface area (Å²) in [6.07, 6.45) is 4.18. The number of carbonyl (C=O) groups is 1. The van der Waals surface area contributed by atoms with Crippen molar-refractivity contribution in [1.29, 1.82) is 0 Å². The highest BCUT2D eigenvalue weighted by Gasteiger charge is 2.24. The van der Waals surface area contributed by atoms with E-state index in [9.17, 15) is 4.79 Å². The molecule has 1 aliphatic heterocycles. The van der Waals surface area contributed by atoms with E-state index in [1.807, 2.05) is 18.2 Å². The fourth-order valence-electron chi connectivity index (χ4n) is 2.35. The molecule has 4 heteroatoms. The molecule has 1 atom stereocenters. The summed E-state index contributed by atoms with van der Waals surface area (Å²) in [5.41, 5.74) is 2.37. The van der Waals surface area contributed by atoms with Gasteiger partial charge in [-0.25, -0.2) is 9.97 Å². The normalized spacial score (nSPS) is 17.8. The number of nitrogens with zero attached hydrogens (tertiary/aromatic N) is 2. The van der Waals surface area contributed by atoms with Gasteiger partial charge in [-0.3, -0.25) is 4.79 Å². The smallest absolute Gasteiger partial charge is 0.202 e. The predicted octanol–water partition coefficient (Wildman–Crippen LogP) is 2.36. The maximum absolute atomic E-state index is 12.1. The van der Waals surface area contributed by atoms with Crippen molar-refractivity contribution in [3.8, 4) is 0 Å². The first-order valence-electron chi connectivity index (χ1n) is 6.34. The summed E-state index contributed by atoms with van der Waals surface area (Å²) >= 11 is 0. The molecule has 3 rings (SSSR count). The molecule has 96 valence electrons. The van der Waals surface area contributed by atoms with Gasteiger partial charge in [-0.05, 0) is 23.6 Å². The first kappa shape index (κ1) is 12.0. The summed E-state index contributed by atoms with van der Waals surface area (Å²) in [5, 5.41) is 0. The van der Waals surface area contributed by atoms with E-state index in [0.29, 0.717) is 13.0 Å². The van der Waals surface area contributed by atoms with E-state index in [-0.39, 0.29) is 17.7 Å². The second-order valence-electron chi connectivity index (χ2n) is 4.51. The van der Waals surface area contributed by atoms with Crippen LogP contribution in [0.3, 0.4) is 0 Å². The minimum absolute atomic E-state index is 0.0812. The van der Waals surface area contributed by atoms with Gasteiger partial charge in [0.25, 0.3) is 0 Å². The number of aromatic nitrogens is 2. The van der Waals surface area contributed by atoms with Gasteiger partial charge in [-0.15, -0.1) is 0 Å². The Balaban J connectivity index is 1.80. The van der Waals surface area contributed by atoms with E-state index in [1.165, 1.54) is 5.56 Å². The third-order valence-corrected chi connectivity index (χ3v) is 3.28. The molecule has 0 amide bonds. The van der Waals surface area contributed by atoms with Crippen molar-refractivity contribution in [2.24, 2.45) is 0 Å². The van der Waals surface area contributed by atoms with Crippen molar-refractivity contribution in [3.63, 3.8) is 0 Å². The first-order valence-corrected chi connectivity index (χ1v) is 6.34. The standard InChI is InChI=1S/C15H14N2O2/c18-13(15-16-7-3-8-17-15)10-14-12-5-2-1-4-11(12)6-9-19-14/h1-5,7-8,14H,6,9-10H2. The molecule has 2 heterocycles. The summed E-state index contributed by atoms with van der Waals surface area (Å²) in [5.74, 6) is 0.177. The van der Waals surface area contributed by atoms with Crippen LogP contribution in [0.2, 0.25) is 0 Å². The van der Waals surface area contributed by atoms with Crippen LogP contribution in [-0.4, -0.2) is 22.4 Å². The van der Waals surface area contributed by atoms with Crippen molar-refractivity contribution in [1.82, 2.24) is 9.97 Å². The maximum Gasteiger partial charge on any atom is 0.202 e. The summed E-state index contributed by atoms with van der Waals surface area (Å²) in [6.45, 7) is 0.657. The monoisotopic (exact) mass is 254 g/mol. The topological polar surface area (TPSA) is 52.1 Å². The Morgan fingerprint density at radius 2 is 2.00 bits per heavy atom. The Hall–Kier alpha value is -2.07. The average Bonchev–Trinajstić information content (AvgIpc) is 2.48. The Morgan fingerprint density at radius 3 is 2.84 bits per heavy atom. The van der Waals surface area contributed by atoms with E-state index < -0.39 is 0 Å². The SMILES string of the molecule is O=C(CC1OCCc2ccccc21)c1ncccn1. The molecule has 1 aliphatic rings. The van der Waals surface area contributed by atoms with Crippen LogP contribution in [0.4, 0.5) is 0 Å². The van der Waals surface area contributed by atoms with Gasteiger partial charge in [-0.1, -0.05) is 24.3 Å². The van der Waals surface area contributed by atoms with Gasteiger partial charge < -0.3 is 4.74 Å². The molecule has 0 radical (unpaired) electrons. The van der Waals surface area contributed by atoms with Gasteiger partial charge in [0, 0.05) is 18.8 Å². The fraction of sp³-hybridized carbons (Fsp3) is 0.267. The number of carbonyl (C=O) groups excluding carboxylic acids is 1. The number of hydrogen-bond acceptors (Lipinski definition) is 4. The molecule has 0 saturated heterocycles. The molecular formula is C15H14N2O2. The van der Waals surface area contributed by atoms with Crippen molar-refractivity contribution in [3.05, 3.63) is 59.7 Å². The van der Waals surface area contributed by atoms with Gasteiger partial charge in [0.2, 0.25) is 5.78 Å². The number of Topliss-reactive ketones (excluding diaryl/α,β-unsaturated/α-hetero) is 1. The van der Waals surface area contributed by atoms with Crippen LogP contribution < -0.4 is 0 Å². The van der Waals surface area contributed by atoms with Crippen LogP contribution in [0.5, 0.6) is 0 Å². The zero-order valence-corrected chi connectivity index (χ0v) is 10.5. The van der Waals surface area contributed by atoms with Gasteiger partial charge in [0.1, 0.15) is 0 Å². The van der Waals surface area contributed by atoms with Gasteiger partial charge in [0.05, 0.1) is 12.7 Å². The Morgan fingerprint density at radius 1 is 1.21 bits per heavy atom. The van der Waals surface area contributed by atoms with Crippen LogP contribution in [0.15, 0.2) is 42.7 Å². The number of ketones is 1. The van der Waals surface area contributed by atoms with Crippen LogP contribution >= 0.6 is 0 Å². The Kier molecular flexibility index (Phi) is 3.33. The molecular weight excluding hydrogens is 240 g/mol. The molecule has 0 saturated carbocycles. The molecule has 4 nitrogen and oxygen atoms in total. The molecule has 1 aromatic heterocycles. The lowest BCUT2D eigenvalue weighted by Crippen LogP contribution is -2.19. The molecule has 0 bridgehead atoms. The van der Waals surface area contributed by atoms with Crippen LogP contribution in [-0.2, 0) is 11.2 Å². The molecule has 0 fully saturated rings. The van der Waals surface area contributed by atoms with Crippen molar-refractivity contribution in [2.75, 3.05) is 6.61 Å². The van der Waals surface area contributed by atoms with Crippen molar-refractivity contribution >= 4 is 5.78 Å². The zero-order chi connectivity index (χ0) is 13.1. The predicted molar refractivity (Wildman–Crippen MR) is 69.8 cm³/mol. The van der Waals surface area contributed by atoms with E-state index >= 15 is 0 Å². The molecule has 0 spiro atoms. The third-order valence-electron chi connectivity index (χ3n) is 3.28. The highest BCUT2D eigenvalue weighted by Crippen LogP contribution is 2.30. The highest BCUT2D eigenvalue weighted by molar-refractivity contribution is 5.92. The largest absolute Gasteiger partial charge is 0.373 e. The summed E-state index contributed by atoms with van der Waals surface area (Å²) < 4.78 is 5.72. The third kappa shape index (κ3) is 2.53. The number of ether oxygens (including phenoxy) is 1. The molecule has 1 unspecified atom stereocenters. The maximum atomic E-state index is 12.1. The van der Waals surface area contributed by atoms with E-state index in [0.717, 1.165) is 12.0 Å². The molecule has 0 aliphatic carbocycles. The lowest BCUT2D eigenvalue weighted by molar-refractivity contribution is 0.0348. The lowest BCUT2D eigenvalue weighted by atomic mass is 9.94. The van der Waals surface area contributed by atoms with E-state index in [1.54, 1.807) is 18.5 Å². The van der Waals surface area contributed by atoms with E-state index in [2.05, 4.69) is 16.0 Å². The summed E-state index contributed by atoms with van der Waals surface area (Å²) in [6, 6.07) is 9.81. The molecule has 19 heavy (non-hydrogen) atoms. The van der Waals surface area contributed by atoms with Crippen LogP contribution in [0.1, 0.15) is 34.3 Å². The van der Waals surface area contributed by atoms with Crippen molar-refractivity contribution < 1.29 is 9.53 Å². The van der Waals surface area contributed by atoms with Crippen molar-refractivity contribution in [2.45, 2.75) is 18.9 Å².